The summed E-state index contributed by atoms with van der Waals surface area (Å²) < 4.78 is 41.3. The minimum absolute atomic E-state index is 0.0202. The van der Waals surface area contributed by atoms with Crippen LogP contribution in [0.2, 0.25) is 0 Å². The number of hydrogen-bond donors (Lipinski definition) is 1. The topological polar surface area (TPSA) is 92.3 Å². The SMILES string of the molecule is Cc1ccc2c(c1)N(S(=O)(=O)c1nnc(NC(=O)c3ccccc3F)s1)[C@H](C)C2. The van der Waals surface area contributed by atoms with Gasteiger partial charge in [-0.15, -0.1) is 10.2 Å². The first kappa shape index (κ1) is 19.5. The van der Waals surface area contributed by atoms with Gasteiger partial charge in [0.15, 0.2) is 0 Å². The van der Waals surface area contributed by atoms with Crippen LogP contribution in [-0.4, -0.2) is 30.6 Å². The molecule has 1 aliphatic heterocycles. The summed E-state index contributed by atoms with van der Waals surface area (Å²) in [6.45, 7) is 3.73. The van der Waals surface area contributed by atoms with E-state index in [1.165, 1.54) is 28.6 Å². The second-order valence-corrected chi connectivity index (χ2v) is 9.76. The Morgan fingerprint density at radius 1 is 1.24 bits per heavy atom. The van der Waals surface area contributed by atoms with Crippen molar-refractivity contribution >= 4 is 38.1 Å². The predicted octanol–water partition coefficient (Wildman–Crippen LogP) is 3.38. The maximum atomic E-state index is 13.8. The van der Waals surface area contributed by atoms with E-state index in [-0.39, 0.29) is 21.1 Å². The molecule has 0 fully saturated rings. The first-order valence-electron chi connectivity index (χ1n) is 8.80. The summed E-state index contributed by atoms with van der Waals surface area (Å²) in [6.07, 6.45) is 0.602. The Hall–Kier alpha value is -2.85. The van der Waals surface area contributed by atoms with E-state index >= 15 is 0 Å². The third-order valence-corrected chi connectivity index (χ3v) is 7.73. The number of nitrogens with zero attached hydrogens (tertiary/aromatic N) is 3. The highest BCUT2D eigenvalue weighted by Crippen LogP contribution is 2.38. The van der Waals surface area contributed by atoms with Crippen molar-refractivity contribution in [3.8, 4) is 0 Å². The Labute approximate surface area is 171 Å². The number of amides is 1. The lowest BCUT2D eigenvalue weighted by atomic mass is 10.1. The fourth-order valence-corrected chi connectivity index (χ4v) is 5.98. The lowest BCUT2D eigenvalue weighted by Gasteiger charge is -2.22. The summed E-state index contributed by atoms with van der Waals surface area (Å²) in [7, 11) is -3.95. The number of sulfonamides is 1. The Kier molecular flexibility index (Phi) is 4.83. The van der Waals surface area contributed by atoms with Gasteiger partial charge in [-0.1, -0.05) is 35.6 Å². The van der Waals surface area contributed by atoms with Crippen LogP contribution in [0, 0.1) is 12.7 Å². The lowest BCUT2D eigenvalue weighted by molar-refractivity contribution is 0.102. The zero-order valence-electron chi connectivity index (χ0n) is 15.6. The molecule has 4 rings (SSSR count). The number of nitrogens with one attached hydrogen (secondary N) is 1. The Morgan fingerprint density at radius 3 is 2.76 bits per heavy atom. The average molecular weight is 433 g/mol. The van der Waals surface area contributed by atoms with E-state index in [0.717, 1.165) is 22.5 Å². The van der Waals surface area contributed by atoms with Crippen LogP contribution in [-0.2, 0) is 16.4 Å². The van der Waals surface area contributed by atoms with E-state index in [0.29, 0.717) is 12.1 Å². The molecule has 0 spiro atoms. The van der Waals surface area contributed by atoms with E-state index < -0.39 is 21.7 Å². The van der Waals surface area contributed by atoms with Gasteiger partial charge in [0.25, 0.3) is 20.3 Å². The molecule has 1 aromatic heterocycles. The third-order valence-electron chi connectivity index (χ3n) is 4.62. The normalized spacial score (nSPS) is 16.0. The lowest BCUT2D eigenvalue weighted by Crippen LogP contribution is -2.35. The van der Waals surface area contributed by atoms with Crippen molar-refractivity contribution < 1.29 is 17.6 Å². The van der Waals surface area contributed by atoms with Crippen LogP contribution in [0.15, 0.2) is 46.8 Å². The molecule has 0 aliphatic carbocycles. The fraction of sp³-hybridized carbons (Fsp3) is 0.211. The minimum atomic E-state index is -3.95. The first-order valence-corrected chi connectivity index (χ1v) is 11.1. The molecule has 1 amide bonds. The van der Waals surface area contributed by atoms with E-state index in [1.54, 1.807) is 0 Å². The Balaban J connectivity index is 1.62. The van der Waals surface area contributed by atoms with E-state index in [1.807, 2.05) is 32.0 Å². The molecule has 150 valence electrons. The van der Waals surface area contributed by atoms with E-state index in [4.69, 9.17) is 0 Å². The van der Waals surface area contributed by atoms with Crippen molar-refractivity contribution in [2.75, 3.05) is 9.62 Å². The zero-order valence-corrected chi connectivity index (χ0v) is 17.2. The highest BCUT2D eigenvalue weighted by molar-refractivity contribution is 7.94. The first-order chi connectivity index (χ1) is 13.8. The molecule has 0 unspecified atom stereocenters. The quantitative estimate of drug-likeness (QED) is 0.638. The highest BCUT2D eigenvalue weighted by Gasteiger charge is 2.38. The van der Waals surface area contributed by atoms with Crippen LogP contribution in [0.4, 0.5) is 15.2 Å². The van der Waals surface area contributed by atoms with Crippen LogP contribution in [0.1, 0.15) is 28.4 Å². The van der Waals surface area contributed by atoms with Crippen molar-refractivity contribution in [1.29, 1.82) is 0 Å². The number of halogens is 1. The Morgan fingerprint density at radius 2 is 2.00 bits per heavy atom. The van der Waals surface area contributed by atoms with Crippen molar-refractivity contribution in [2.24, 2.45) is 0 Å². The van der Waals surface area contributed by atoms with Gasteiger partial charge >= 0.3 is 0 Å². The van der Waals surface area contributed by atoms with Crippen molar-refractivity contribution in [3.63, 3.8) is 0 Å². The number of benzene rings is 2. The number of carbonyl (C=O) groups excluding carboxylic acids is 1. The number of rotatable bonds is 4. The van der Waals surface area contributed by atoms with Gasteiger partial charge in [-0.2, -0.15) is 8.42 Å². The number of aromatic nitrogens is 2. The average Bonchev–Trinajstić information content (AvgIpc) is 3.26. The number of aryl methyl sites for hydroxylation is 1. The molecular formula is C19H17FN4O3S2. The highest BCUT2D eigenvalue weighted by atomic mass is 32.2. The molecule has 0 bridgehead atoms. The number of anilines is 2. The predicted molar refractivity (Wildman–Crippen MR) is 108 cm³/mol. The molecule has 0 radical (unpaired) electrons. The second kappa shape index (κ2) is 7.20. The standard InChI is InChI=1S/C19H17FN4O3S2/c1-11-7-8-13-10-12(2)24(16(13)9-11)29(26,27)19-23-22-18(28-19)21-17(25)14-5-3-4-6-15(14)20/h3-9,12H,10H2,1-2H3,(H,21,22,25)/t12-/m1/s1. The van der Waals surface area contributed by atoms with Crippen molar-refractivity contribution in [1.82, 2.24) is 10.2 Å². The largest absolute Gasteiger partial charge is 0.296 e. The molecule has 2 heterocycles. The second-order valence-electron chi connectivity index (χ2n) is 6.79. The fourth-order valence-electron chi connectivity index (χ4n) is 3.32. The summed E-state index contributed by atoms with van der Waals surface area (Å²) in [4.78, 5) is 12.2. The van der Waals surface area contributed by atoms with Crippen LogP contribution in [0.25, 0.3) is 0 Å². The van der Waals surface area contributed by atoms with Gasteiger partial charge in [-0.25, -0.2) is 4.39 Å². The van der Waals surface area contributed by atoms with Crippen LogP contribution < -0.4 is 9.62 Å². The minimum Gasteiger partial charge on any atom is -0.296 e. The summed E-state index contributed by atoms with van der Waals surface area (Å²) in [5.74, 6) is -1.40. The molecule has 3 aromatic rings. The van der Waals surface area contributed by atoms with Crippen LogP contribution >= 0.6 is 11.3 Å². The molecule has 2 aromatic carbocycles. The molecule has 1 atom stereocenters. The van der Waals surface area contributed by atoms with Gasteiger partial charge in [0, 0.05) is 6.04 Å². The van der Waals surface area contributed by atoms with Gasteiger partial charge in [-0.05, 0) is 49.6 Å². The number of hydrogen-bond acceptors (Lipinski definition) is 6. The molecule has 0 saturated carbocycles. The maximum absolute atomic E-state index is 13.8. The van der Waals surface area contributed by atoms with Gasteiger partial charge in [0.1, 0.15) is 5.82 Å². The van der Waals surface area contributed by atoms with Crippen molar-refractivity contribution in [2.45, 2.75) is 30.6 Å². The van der Waals surface area contributed by atoms with Gasteiger partial charge < -0.3 is 0 Å². The number of fused-ring (bicyclic) bond motifs is 1. The van der Waals surface area contributed by atoms with Gasteiger partial charge in [0.2, 0.25) is 5.13 Å². The molecule has 10 heteroatoms. The molecular weight excluding hydrogens is 415 g/mol. The third kappa shape index (κ3) is 3.49. The molecule has 29 heavy (non-hydrogen) atoms. The van der Waals surface area contributed by atoms with Crippen LogP contribution in [0.3, 0.4) is 0 Å². The van der Waals surface area contributed by atoms with Crippen molar-refractivity contribution in [3.05, 3.63) is 65.0 Å². The molecule has 1 aliphatic rings. The smallest absolute Gasteiger partial charge is 0.293 e. The maximum Gasteiger partial charge on any atom is 0.293 e. The van der Waals surface area contributed by atoms with Gasteiger partial charge in [-0.3, -0.25) is 14.4 Å². The molecule has 7 nitrogen and oxygen atoms in total. The molecule has 1 N–H and O–H groups in total. The van der Waals surface area contributed by atoms with Gasteiger partial charge in [0.05, 0.1) is 11.3 Å². The zero-order chi connectivity index (χ0) is 20.8. The van der Waals surface area contributed by atoms with E-state index in [9.17, 15) is 17.6 Å². The summed E-state index contributed by atoms with van der Waals surface area (Å²) >= 11 is 0.730. The monoisotopic (exact) mass is 432 g/mol. The Bertz CT molecular complexity index is 1210. The summed E-state index contributed by atoms with van der Waals surface area (Å²) in [6, 6.07) is 10.9. The summed E-state index contributed by atoms with van der Waals surface area (Å²) in [5, 5.41) is 9.90. The van der Waals surface area contributed by atoms with Crippen LogP contribution in [0.5, 0.6) is 0 Å². The number of carbonyl (C=O) groups is 1. The summed E-state index contributed by atoms with van der Waals surface area (Å²) in [5.41, 5.74) is 2.37. The molecule has 0 saturated heterocycles. The van der Waals surface area contributed by atoms with E-state index in [2.05, 4.69) is 15.5 Å².